The highest BCUT2D eigenvalue weighted by molar-refractivity contribution is 5.95. The van der Waals surface area contributed by atoms with E-state index in [4.69, 9.17) is 23.6 Å². The Kier molecular flexibility index (Phi) is 10.1. The van der Waals surface area contributed by atoms with Gasteiger partial charge in [-0.3, -0.25) is 14.5 Å². The lowest BCUT2D eigenvalue weighted by Gasteiger charge is -2.36. The van der Waals surface area contributed by atoms with Gasteiger partial charge in [0.25, 0.3) is 5.91 Å². The summed E-state index contributed by atoms with van der Waals surface area (Å²) in [4.78, 5) is 42.1. The van der Waals surface area contributed by atoms with E-state index in [2.05, 4.69) is 33.1 Å². The van der Waals surface area contributed by atoms with Gasteiger partial charge in [-0.1, -0.05) is 6.92 Å². The number of aryl methyl sites for hydroxylation is 1. The minimum absolute atomic E-state index is 0.0113. The maximum absolute atomic E-state index is 13.3. The van der Waals surface area contributed by atoms with E-state index >= 15 is 0 Å². The lowest BCUT2D eigenvalue weighted by Crippen LogP contribution is -2.45. The van der Waals surface area contributed by atoms with E-state index < -0.39 is 0 Å². The molecule has 0 radical (unpaired) electrons. The molecule has 1 saturated heterocycles. The molecule has 5 rings (SSSR count). The van der Waals surface area contributed by atoms with Crippen molar-refractivity contribution < 1.29 is 28.2 Å². The third kappa shape index (κ3) is 6.69. The molecule has 12 heteroatoms. The first-order valence-electron chi connectivity index (χ1n) is 15.4. The average molecular weight is 609 g/mol. The zero-order chi connectivity index (χ0) is 31.2. The van der Waals surface area contributed by atoms with E-state index in [1.54, 1.807) is 33.2 Å². The van der Waals surface area contributed by atoms with E-state index in [-0.39, 0.29) is 30.0 Å². The molecule has 2 aliphatic heterocycles. The van der Waals surface area contributed by atoms with Crippen LogP contribution in [0.4, 0.5) is 5.82 Å². The number of pyridine rings is 1. The molecule has 1 N–H and O–H groups in total. The van der Waals surface area contributed by atoms with E-state index in [0.29, 0.717) is 42.6 Å². The third-order valence-corrected chi connectivity index (χ3v) is 8.65. The van der Waals surface area contributed by atoms with Crippen molar-refractivity contribution in [1.82, 2.24) is 25.1 Å². The van der Waals surface area contributed by atoms with Crippen molar-refractivity contribution in [3.05, 3.63) is 35.5 Å². The molecule has 2 aliphatic rings. The van der Waals surface area contributed by atoms with Crippen molar-refractivity contribution >= 4 is 28.5 Å². The fourth-order valence-electron chi connectivity index (χ4n) is 6.26. The number of carbonyl (C=O) groups is 2. The van der Waals surface area contributed by atoms with Gasteiger partial charge >= 0.3 is 0 Å². The zero-order valence-corrected chi connectivity index (χ0v) is 26.5. The van der Waals surface area contributed by atoms with Gasteiger partial charge in [-0.15, -0.1) is 0 Å². The number of fused-ring (bicyclic) bond motifs is 5. The van der Waals surface area contributed by atoms with Crippen LogP contribution >= 0.6 is 0 Å². The Hall–Kier alpha value is -4.06. The summed E-state index contributed by atoms with van der Waals surface area (Å²) in [5.74, 6) is 2.90. The normalized spacial score (nSPS) is 18.9. The first-order valence-corrected chi connectivity index (χ1v) is 15.4. The number of ether oxygens (including phenoxy) is 3. The molecular formula is C32H44N6O6. The number of aromatic nitrogens is 2. The topological polar surface area (TPSA) is 123 Å². The predicted molar refractivity (Wildman–Crippen MR) is 167 cm³/mol. The molecule has 2 bridgehead atoms. The van der Waals surface area contributed by atoms with Crippen LogP contribution < -0.4 is 24.4 Å². The van der Waals surface area contributed by atoms with E-state index in [1.165, 1.54) is 6.39 Å². The second-order valence-electron chi connectivity index (χ2n) is 11.5. The summed E-state index contributed by atoms with van der Waals surface area (Å²) in [5.41, 5.74) is 2.14. The van der Waals surface area contributed by atoms with Crippen LogP contribution in [0.3, 0.4) is 0 Å². The number of oxazole rings is 1. The number of carbonyl (C=O) groups excluding carboxylic acids is 2. The molecular weight excluding hydrogens is 564 g/mol. The van der Waals surface area contributed by atoms with Crippen LogP contribution in [0.5, 0.6) is 17.2 Å². The number of nitrogens with zero attached hydrogens (tertiary/aromatic N) is 5. The maximum Gasteiger partial charge on any atom is 0.276 e. The number of anilines is 1. The molecule has 0 aliphatic carbocycles. The van der Waals surface area contributed by atoms with Gasteiger partial charge in [0.1, 0.15) is 11.6 Å². The number of benzene rings is 1. The number of rotatable bonds is 5. The SMILES string of the molecule is CCN1CCCCN(C(=O)c2ncoc2C)CC(=O)NCC2CCCN(C2)c2nc3cc(OC)c(OC)c(OC)c3cc2C1. The smallest absolute Gasteiger partial charge is 0.276 e. The van der Waals surface area contributed by atoms with Gasteiger partial charge in [-0.2, -0.15) is 0 Å². The molecule has 1 aromatic carbocycles. The Labute approximate surface area is 258 Å². The Morgan fingerprint density at radius 3 is 2.55 bits per heavy atom. The average Bonchev–Trinajstić information content (AvgIpc) is 3.48. The molecule has 2 aromatic heterocycles. The molecule has 4 heterocycles. The molecule has 1 fully saturated rings. The van der Waals surface area contributed by atoms with Crippen LogP contribution in [-0.4, -0.2) is 98.7 Å². The highest BCUT2D eigenvalue weighted by Crippen LogP contribution is 2.44. The second-order valence-corrected chi connectivity index (χ2v) is 11.5. The van der Waals surface area contributed by atoms with Gasteiger partial charge in [0, 0.05) is 49.7 Å². The minimum atomic E-state index is -0.281. The lowest BCUT2D eigenvalue weighted by molar-refractivity contribution is -0.122. The number of piperidine rings is 1. The van der Waals surface area contributed by atoms with Crippen molar-refractivity contribution in [3.8, 4) is 17.2 Å². The Bertz CT molecular complexity index is 1480. The molecule has 238 valence electrons. The molecule has 1 unspecified atom stereocenters. The van der Waals surface area contributed by atoms with Gasteiger partial charge in [0.2, 0.25) is 11.7 Å². The predicted octanol–water partition coefficient (Wildman–Crippen LogP) is 3.65. The number of nitrogens with one attached hydrogen (secondary N) is 1. The quantitative estimate of drug-likeness (QED) is 0.459. The Balaban J connectivity index is 1.49. The van der Waals surface area contributed by atoms with E-state index in [1.807, 2.05) is 6.07 Å². The van der Waals surface area contributed by atoms with E-state index in [0.717, 1.165) is 74.1 Å². The summed E-state index contributed by atoms with van der Waals surface area (Å²) < 4.78 is 22.4. The standard InChI is InChI=1S/C32H44N6O6/c1-6-36-11-7-8-12-38(32(40)28-21(2)44-20-34-28)19-27(39)33-16-22-10-9-13-37(17-22)31-23(18-36)14-24-25(35-31)15-26(41-3)30(43-5)29(24)42-4/h14-15,20,22H,6-13,16-19H2,1-5H3,(H,33,39). The summed E-state index contributed by atoms with van der Waals surface area (Å²) in [7, 11) is 4.85. The molecule has 2 amide bonds. The van der Waals surface area contributed by atoms with Gasteiger partial charge in [0.05, 0.1) is 33.4 Å². The van der Waals surface area contributed by atoms with Crippen molar-refractivity contribution in [1.29, 1.82) is 0 Å². The molecule has 0 spiro atoms. The molecule has 0 saturated carbocycles. The monoisotopic (exact) mass is 608 g/mol. The summed E-state index contributed by atoms with van der Waals surface area (Å²) in [6.45, 7) is 8.89. The number of hydrogen-bond donors (Lipinski definition) is 1. The summed E-state index contributed by atoms with van der Waals surface area (Å²) in [5, 5.41) is 3.97. The summed E-state index contributed by atoms with van der Waals surface area (Å²) in [6, 6.07) is 4.08. The van der Waals surface area contributed by atoms with Crippen molar-refractivity contribution in [2.24, 2.45) is 5.92 Å². The van der Waals surface area contributed by atoms with Crippen LogP contribution in [0.15, 0.2) is 22.9 Å². The highest BCUT2D eigenvalue weighted by Gasteiger charge is 2.28. The third-order valence-electron chi connectivity index (χ3n) is 8.65. The Morgan fingerprint density at radius 2 is 1.84 bits per heavy atom. The Morgan fingerprint density at radius 1 is 1.05 bits per heavy atom. The lowest BCUT2D eigenvalue weighted by atomic mass is 9.97. The van der Waals surface area contributed by atoms with Gasteiger partial charge in [-0.25, -0.2) is 9.97 Å². The van der Waals surface area contributed by atoms with Crippen LogP contribution in [0.2, 0.25) is 0 Å². The van der Waals surface area contributed by atoms with Gasteiger partial charge < -0.3 is 33.7 Å². The summed E-state index contributed by atoms with van der Waals surface area (Å²) in [6.07, 6.45) is 4.86. The second kappa shape index (κ2) is 14.1. The number of hydrogen-bond acceptors (Lipinski definition) is 10. The van der Waals surface area contributed by atoms with Gasteiger partial charge in [-0.05, 0) is 57.7 Å². The first-order chi connectivity index (χ1) is 21.4. The van der Waals surface area contributed by atoms with Crippen LogP contribution in [-0.2, 0) is 11.3 Å². The largest absolute Gasteiger partial charge is 0.493 e. The summed E-state index contributed by atoms with van der Waals surface area (Å²) >= 11 is 0. The molecule has 3 aromatic rings. The fourth-order valence-corrected chi connectivity index (χ4v) is 6.26. The van der Waals surface area contributed by atoms with Crippen molar-refractivity contribution in [2.75, 3.05) is 72.0 Å². The molecule has 1 atom stereocenters. The fraction of sp³-hybridized carbons (Fsp3) is 0.562. The number of amides is 2. The van der Waals surface area contributed by atoms with Crippen molar-refractivity contribution in [3.63, 3.8) is 0 Å². The highest BCUT2D eigenvalue weighted by atomic mass is 16.5. The molecule has 12 nitrogen and oxygen atoms in total. The number of methoxy groups -OCH3 is 3. The zero-order valence-electron chi connectivity index (χ0n) is 26.5. The van der Waals surface area contributed by atoms with Gasteiger partial charge in [0.15, 0.2) is 23.6 Å². The van der Waals surface area contributed by atoms with Crippen molar-refractivity contribution in [2.45, 2.75) is 46.1 Å². The maximum atomic E-state index is 13.3. The van der Waals surface area contributed by atoms with E-state index in [9.17, 15) is 9.59 Å². The van der Waals surface area contributed by atoms with Crippen LogP contribution in [0.1, 0.15) is 54.4 Å². The first kappa shape index (κ1) is 31.4. The molecule has 44 heavy (non-hydrogen) atoms. The minimum Gasteiger partial charge on any atom is -0.493 e. The van der Waals surface area contributed by atoms with Crippen LogP contribution in [0, 0.1) is 12.8 Å². The van der Waals surface area contributed by atoms with Crippen LogP contribution in [0.25, 0.3) is 10.9 Å².